The largest absolute Gasteiger partial charge is 0.423 e. The van der Waals surface area contributed by atoms with Gasteiger partial charge in [-0.15, -0.1) is 0 Å². The first-order chi connectivity index (χ1) is 23.0. The van der Waals surface area contributed by atoms with Crippen LogP contribution in [-0.2, 0) is 19.1 Å². The number of hydrogen-bond donors (Lipinski definition) is 4. The Hall–Kier alpha value is -4.04. The maximum absolute atomic E-state index is 13.0. The summed E-state index contributed by atoms with van der Waals surface area (Å²) < 4.78 is 11.0. The van der Waals surface area contributed by atoms with Gasteiger partial charge >= 0.3 is 5.97 Å². The molecule has 0 bridgehead atoms. The van der Waals surface area contributed by atoms with Crippen molar-refractivity contribution in [1.29, 1.82) is 0 Å². The Labute approximate surface area is 280 Å². The highest BCUT2D eigenvalue weighted by atomic mass is 16.5. The van der Waals surface area contributed by atoms with Gasteiger partial charge in [-0.3, -0.25) is 15.4 Å². The summed E-state index contributed by atoms with van der Waals surface area (Å²) in [7, 11) is 0. The lowest BCUT2D eigenvalue weighted by molar-refractivity contribution is -0.149. The lowest BCUT2D eigenvalue weighted by Crippen LogP contribution is -2.62. The molecule has 2 aliphatic carbocycles. The monoisotopic (exact) mass is 659 g/mol. The molecule has 6 rings (SSSR count). The van der Waals surface area contributed by atoms with Crippen LogP contribution in [0.25, 0.3) is 6.08 Å². The van der Waals surface area contributed by atoms with Crippen molar-refractivity contribution in [2.45, 2.75) is 58.2 Å². The molecule has 1 amide bonds. The molecule has 0 radical (unpaired) electrons. The van der Waals surface area contributed by atoms with Crippen molar-refractivity contribution in [2.24, 2.45) is 32.7 Å². The van der Waals surface area contributed by atoms with Gasteiger partial charge < -0.3 is 24.6 Å². The van der Waals surface area contributed by atoms with Crippen LogP contribution in [0.4, 0.5) is 5.95 Å². The predicted octanol–water partition coefficient (Wildman–Crippen LogP) is 1.95. The number of aliphatic hydroxyl groups is 2. The number of nitrogens with one attached hydrogen (secondary N) is 2. The third-order valence-corrected chi connectivity index (χ3v) is 10.8. The molecule has 1 saturated heterocycles. The number of guanidine groups is 1. The van der Waals surface area contributed by atoms with Gasteiger partial charge in [0.15, 0.2) is 0 Å². The first-order valence-electron chi connectivity index (χ1n) is 16.6. The molecular formula is C35H45N7O6. The molecule has 256 valence electrons. The van der Waals surface area contributed by atoms with Crippen molar-refractivity contribution in [3.05, 3.63) is 59.7 Å². The van der Waals surface area contributed by atoms with Crippen LogP contribution in [0, 0.1) is 22.7 Å². The number of allylic oxidation sites excluding steroid dienone is 2. The number of nitrogens with zero attached hydrogens (tertiary/aromatic N) is 5. The molecule has 4 heterocycles. The van der Waals surface area contributed by atoms with Crippen molar-refractivity contribution in [3.63, 3.8) is 0 Å². The molecule has 7 atom stereocenters. The van der Waals surface area contributed by atoms with E-state index in [0.717, 1.165) is 18.7 Å². The minimum absolute atomic E-state index is 0.115. The number of esters is 1. The van der Waals surface area contributed by atoms with Gasteiger partial charge in [0.1, 0.15) is 5.76 Å². The molecule has 5 aliphatic rings. The topological polar surface area (TPSA) is 171 Å². The number of fused-ring (bicyclic) bond motifs is 1. The number of carbonyl (C=O) groups excluding carboxylic acids is 2. The number of rotatable bonds is 8. The van der Waals surface area contributed by atoms with Crippen molar-refractivity contribution in [3.8, 4) is 0 Å². The highest BCUT2D eigenvalue weighted by Crippen LogP contribution is 2.61. The number of cyclic esters (lactones) is 1. The van der Waals surface area contributed by atoms with Crippen molar-refractivity contribution in [1.82, 2.24) is 20.6 Å². The molecule has 4 N–H and O–H groups in total. The van der Waals surface area contributed by atoms with Gasteiger partial charge in [0.25, 0.3) is 0 Å². The highest BCUT2D eigenvalue weighted by molar-refractivity contribution is 6.04. The SMILES string of the molecule is C=C1C(NC(C)C(=O)NC2=NCC=N2)CC2[C@](C)(CC[C@@H](O)[C@@]2(C)CO)C1/C=C/C1=CC(=C\c2cnc(N3CCOCC3)nc2)/OC1=O. The summed E-state index contributed by atoms with van der Waals surface area (Å²) in [5.41, 5.74) is 0.830. The molecule has 1 aromatic rings. The first-order valence-corrected chi connectivity index (χ1v) is 16.6. The predicted molar refractivity (Wildman–Crippen MR) is 181 cm³/mol. The van der Waals surface area contributed by atoms with Gasteiger partial charge in [0.05, 0.1) is 44.1 Å². The molecule has 2 saturated carbocycles. The van der Waals surface area contributed by atoms with E-state index in [4.69, 9.17) is 9.47 Å². The summed E-state index contributed by atoms with van der Waals surface area (Å²) >= 11 is 0. The number of amides is 1. The summed E-state index contributed by atoms with van der Waals surface area (Å²) in [6.45, 7) is 13.4. The number of morpholine rings is 1. The van der Waals surface area contributed by atoms with Crippen LogP contribution in [0.15, 0.2) is 64.1 Å². The average Bonchev–Trinajstić information content (AvgIpc) is 3.73. The van der Waals surface area contributed by atoms with Crippen LogP contribution in [0.5, 0.6) is 0 Å². The summed E-state index contributed by atoms with van der Waals surface area (Å²) in [5, 5.41) is 27.9. The summed E-state index contributed by atoms with van der Waals surface area (Å²) in [6, 6.07) is -0.899. The molecule has 13 nitrogen and oxygen atoms in total. The van der Waals surface area contributed by atoms with Gasteiger partial charge in [-0.25, -0.2) is 24.7 Å². The average molecular weight is 660 g/mol. The highest BCUT2D eigenvalue weighted by Gasteiger charge is 2.59. The van der Waals surface area contributed by atoms with Gasteiger partial charge in [-0.05, 0) is 49.7 Å². The van der Waals surface area contributed by atoms with Gasteiger partial charge in [-0.1, -0.05) is 38.2 Å². The van der Waals surface area contributed by atoms with Crippen LogP contribution in [0.1, 0.15) is 45.6 Å². The molecule has 48 heavy (non-hydrogen) atoms. The Morgan fingerprint density at radius 1 is 1.25 bits per heavy atom. The second-order valence-electron chi connectivity index (χ2n) is 13.8. The standard InChI is InChI=1S/C35H45N7O6/c1-21-26(6-5-24-16-25(48-31(24)46)15-23-18-38-33(39-19-23)42-11-13-47-14-12-42)34(3)8-7-29(44)35(4,20-43)28(34)17-27(21)40-22(2)30(45)41-32-36-9-10-37-32/h5-6,9,15-16,18-19,22,26-29,40,43-44H,1,7-8,10-14,17,20H2,2-4H3,(H,37,41,45)/b6-5+,25-15+/t22?,26?,27?,28?,29-,34-,35+/m1/s1. The molecule has 1 aromatic heterocycles. The van der Waals surface area contributed by atoms with E-state index >= 15 is 0 Å². The molecule has 0 spiro atoms. The number of ether oxygens (including phenoxy) is 2. The van der Waals surface area contributed by atoms with Gasteiger partial charge in [0, 0.05) is 54.6 Å². The van der Waals surface area contributed by atoms with Gasteiger partial charge in [0.2, 0.25) is 17.8 Å². The fourth-order valence-electron chi connectivity index (χ4n) is 7.86. The summed E-state index contributed by atoms with van der Waals surface area (Å²) in [6.07, 6.45) is 13.3. The van der Waals surface area contributed by atoms with Crippen LogP contribution in [0.2, 0.25) is 0 Å². The van der Waals surface area contributed by atoms with Crippen LogP contribution < -0.4 is 15.5 Å². The van der Waals surface area contributed by atoms with Crippen LogP contribution in [-0.4, -0.2) is 102 Å². The summed E-state index contributed by atoms with van der Waals surface area (Å²) in [4.78, 5) is 45.2. The zero-order valence-corrected chi connectivity index (χ0v) is 27.8. The maximum Gasteiger partial charge on any atom is 0.343 e. The number of aliphatic hydroxyl groups excluding tert-OH is 2. The second-order valence-corrected chi connectivity index (χ2v) is 13.8. The number of carbonyl (C=O) groups is 2. The fourth-order valence-corrected chi connectivity index (χ4v) is 7.86. The Morgan fingerprint density at radius 2 is 2.00 bits per heavy atom. The molecular weight excluding hydrogens is 614 g/mol. The van der Waals surface area contributed by atoms with E-state index in [9.17, 15) is 19.8 Å². The van der Waals surface area contributed by atoms with E-state index < -0.39 is 23.5 Å². The number of hydrogen-bond acceptors (Lipinski definition) is 12. The molecule has 3 aliphatic heterocycles. The number of aliphatic imine (C=N–C) groups is 2. The van der Waals surface area contributed by atoms with E-state index in [-0.39, 0.29) is 41.8 Å². The lowest BCUT2D eigenvalue weighted by atomic mass is 9.45. The molecule has 4 unspecified atom stereocenters. The Balaban J connectivity index is 1.23. The molecule has 0 aromatic carbocycles. The number of aromatic nitrogens is 2. The van der Waals surface area contributed by atoms with E-state index in [2.05, 4.69) is 49.0 Å². The Bertz CT molecular complexity index is 1580. The Kier molecular flexibility index (Phi) is 9.75. The first kappa shape index (κ1) is 33.8. The van der Waals surface area contributed by atoms with Crippen molar-refractivity contribution >= 4 is 36.1 Å². The molecule has 3 fully saturated rings. The van der Waals surface area contributed by atoms with Crippen LogP contribution >= 0.6 is 0 Å². The second kappa shape index (κ2) is 13.8. The van der Waals surface area contributed by atoms with Crippen LogP contribution in [0.3, 0.4) is 0 Å². The maximum atomic E-state index is 13.0. The Morgan fingerprint density at radius 3 is 2.69 bits per heavy atom. The van der Waals surface area contributed by atoms with Gasteiger partial charge in [-0.2, -0.15) is 0 Å². The lowest BCUT2D eigenvalue weighted by Gasteiger charge is -2.61. The fraction of sp³-hybridized carbons (Fsp3) is 0.543. The molecule has 13 heteroatoms. The minimum Gasteiger partial charge on any atom is -0.423 e. The quantitative estimate of drug-likeness (QED) is 0.239. The number of anilines is 1. The van der Waals surface area contributed by atoms with E-state index in [1.165, 1.54) is 0 Å². The van der Waals surface area contributed by atoms with E-state index in [1.807, 2.05) is 13.0 Å². The van der Waals surface area contributed by atoms with E-state index in [0.29, 0.717) is 61.9 Å². The third kappa shape index (κ3) is 6.64. The van der Waals surface area contributed by atoms with E-state index in [1.54, 1.807) is 43.8 Å². The minimum atomic E-state index is -0.765. The van der Waals surface area contributed by atoms with Crippen molar-refractivity contribution < 1.29 is 29.3 Å². The summed E-state index contributed by atoms with van der Waals surface area (Å²) in [5.74, 6) is 0.228. The third-order valence-electron chi connectivity index (χ3n) is 10.8. The normalized spacial score (nSPS) is 33.4. The zero-order chi connectivity index (χ0) is 34.1. The zero-order valence-electron chi connectivity index (χ0n) is 27.8. The van der Waals surface area contributed by atoms with Crippen molar-refractivity contribution in [2.75, 3.05) is 44.4 Å². The smallest absolute Gasteiger partial charge is 0.343 e.